The van der Waals surface area contributed by atoms with Crippen LogP contribution in [0.4, 0.5) is 10.6 Å². The van der Waals surface area contributed by atoms with Gasteiger partial charge < -0.3 is 10.6 Å². The molecule has 1 aliphatic carbocycles. The fraction of sp³-hybridized carbons (Fsp3) is 0.240. The molecule has 170 valence electrons. The average Bonchev–Trinajstić information content (AvgIpc) is 3.40. The molecule has 1 spiro atoms. The van der Waals surface area contributed by atoms with Gasteiger partial charge in [0.25, 0.3) is 5.91 Å². The van der Waals surface area contributed by atoms with Crippen LogP contribution in [0.25, 0.3) is 33.8 Å². The van der Waals surface area contributed by atoms with Crippen LogP contribution in [0, 0.1) is 0 Å². The number of hydrogen-bond donors (Lipinski definition) is 3. The molecule has 2 fully saturated rings. The fourth-order valence-corrected chi connectivity index (χ4v) is 4.97. The number of carbonyl (C=O) groups is 2. The lowest BCUT2D eigenvalue weighted by molar-refractivity contribution is -0.125. The van der Waals surface area contributed by atoms with Gasteiger partial charge >= 0.3 is 6.03 Å². The second-order valence-corrected chi connectivity index (χ2v) is 8.89. The molecule has 3 N–H and O–H groups in total. The Morgan fingerprint density at radius 3 is 2.74 bits per heavy atom. The van der Waals surface area contributed by atoms with Crippen LogP contribution in [-0.4, -0.2) is 43.1 Å². The first-order chi connectivity index (χ1) is 16.5. The van der Waals surface area contributed by atoms with E-state index in [2.05, 4.69) is 38.7 Å². The van der Waals surface area contributed by atoms with Gasteiger partial charge in [0, 0.05) is 34.8 Å². The maximum absolute atomic E-state index is 12.2. The number of aromatic nitrogens is 4. The summed E-state index contributed by atoms with van der Waals surface area (Å²) in [6.45, 7) is 3.94. The van der Waals surface area contributed by atoms with Crippen LogP contribution in [0.2, 0.25) is 0 Å². The highest BCUT2D eigenvalue weighted by Gasteiger charge is 2.48. The predicted molar refractivity (Wildman–Crippen MR) is 129 cm³/mol. The van der Waals surface area contributed by atoms with E-state index >= 15 is 0 Å². The molecule has 3 aromatic heterocycles. The van der Waals surface area contributed by atoms with Gasteiger partial charge in [0.15, 0.2) is 5.65 Å². The van der Waals surface area contributed by atoms with Gasteiger partial charge in [0.2, 0.25) is 0 Å². The molecule has 6 rings (SSSR count). The van der Waals surface area contributed by atoms with Crippen molar-refractivity contribution in [3.05, 3.63) is 61.1 Å². The van der Waals surface area contributed by atoms with Crippen LogP contribution in [0.15, 0.2) is 55.4 Å². The van der Waals surface area contributed by atoms with Crippen molar-refractivity contribution in [3.63, 3.8) is 0 Å². The number of amides is 3. The minimum atomic E-state index is -0.777. The van der Waals surface area contributed by atoms with E-state index in [9.17, 15) is 9.59 Å². The predicted octanol–water partition coefficient (Wildman–Crippen LogP) is 3.52. The Kier molecular flexibility index (Phi) is 4.58. The molecule has 1 aliphatic heterocycles. The lowest BCUT2D eigenvalue weighted by Gasteiger charge is -2.35. The Hall–Kier alpha value is -4.27. The first-order valence-corrected chi connectivity index (χ1v) is 11.3. The number of anilines is 1. The summed E-state index contributed by atoms with van der Waals surface area (Å²) >= 11 is 0. The molecule has 1 aromatic carbocycles. The number of para-hydroxylation sites is 1. The van der Waals surface area contributed by atoms with E-state index in [0.717, 1.165) is 46.4 Å². The third-order valence-electron chi connectivity index (χ3n) is 6.82. The van der Waals surface area contributed by atoms with E-state index in [4.69, 9.17) is 4.98 Å². The maximum Gasteiger partial charge on any atom is 0.322 e. The van der Waals surface area contributed by atoms with Crippen molar-refractivity contribution in [1.29, 1.82) is 0 Å². The third kappa shape index (κ3) is 3.28. The van der Waals surface area contributed by atoms with Crippen molar-refractivity contribution < 1.29 is 9.59 Å². The number of carbonyl (C=O) groups excluding carboxylic acids is 2. The molecule has 9 heteroatoms. The van der Waals surface area contributed by atoms with Crippen molar-refractivity contribution in [2.45, 2.75) is 37.3 Å². The first kappa shape index (κ1) is 20.3. The number of nitrogens with zero attached hydrogens (tertiary/aromatic N) is 4. The second-order valence-electron chi connectivity index (χ2n) is 8.89. The molecule has 4 heterocycles. The zero-order valence-corrected chi connectivity index (χ0v) is 18.4. The first-order valence-electron chi connectivity index (χ1n) is 11.3. The Morgan fingerprint density at radius 2 is 1.97 bits per heavy atom. The number of nitrogens with one attached hydrogen (secondary N) is 3. The summed E-state index contributed by atoms with van der Waals surface area (Å²) in [6, 6.07) is 11.7. The molecule has 1 saturated heterocycles. The molecule has 2 aliphatic rings. The number of pyridine rings is 1. The van der Waals surface area contributed by atoms with E-state index in [1.54, 1.807) is 16.8 Å². The fourth-order valence-electron chi connectivity index (χ4n) is 4.97. The summed E-state index contributed by atoms with van der Waals surface area (Å²) < 4.78 is 1.77. The van der Waals surface area contributed by atoms with Crippen molar-refractivity contribution in [2.24, 2.45) is 0 Å². The SMILES string of the molecule is C=Cc1cc(NC2CCC3(CC2)NC(=O)NC3=O)nc2c(-c3cnc4ccccc4c3)cnn12. The third-order valence-corrected chi connectivity index (χ3v) is 6.82. The summed E-state index contributed by atoms with van der Waals surface area (Å²) in [5.74, 6) is 0.496. The molecular formula is C25H23N7O2. The van der Waals surface area contributed by atoms with Gasteiger partial charge in [-0.2, -0.15) is 5.10 Å². The van der Waals surface area contributed by atoms with Crippen LogP contribution in [0.5, 0.6) is 0 Å². The molecule has 0 radical (unpaired) electrons. The Bertz CT molecular complexity index is 1470. The van der Waals surface area contributed by atoms with Gasteiger partial charge in [-0.05, 0) is 43.9 Å². The van der Waals surface area contributed by atoms with Gasteiger partial charge in [-0.3, -0.25) is 15.1 Å². The van der Waals surface area contributed by atoms with E-state index in [1.807, 2.05) is 36.5 Å². The van der Waals surface area contributed by atoms with Crippen molar-refractivity contribution in [1.82, 2.24) is 30.2 Å². The number of fused-ring (bicyclic) bond motifs is 2. The highest BCUT2D eigenvalue weighted by atomic mass is 16.2. The number of rotatable bonds is 4. The minimum absolute atomic E-state index is 0.136. The summed E-state index contributed by atoms with van der Waals surface area (Å²) in [6.07, 6.45) is 8.05. The summed E-state index contributed by atoms with van der Waals surface area (Å²) in [7, 11) is 0. The van der Waals surface area contributed by atoms with Crippen molar-refractivity contribution in [2.75, 3.05) is 5.32 Å². The monoisotopic (exact) mass is 453 g/mol. The summed E-state index contributed by atoms with van der Waals surface area (Å²) in [5, 5.41) is 14.3. The van der Waals surface area contributed by atoms with Crippen LogP contribution < -0.4 is 16.0 Å². The van der Waals surface area contributed by atoms with E-state index in [-0.39, 0.29) is 11.9 Å². The zero-order valence-electron chi connectivity index (χ0n) is 18.4. The van der Waals surface area contributed by atoms with Gasteiger partial charge in [0.05, 0.1) is 17.4 Å². The smallest absolute Gasteiger partial charge is 0.322 e. The van der Waals surface area contributed by atoms with E-state index in [0.29, 0.717) is 18.5 Å². The van der Waals surface area contributed by atoms with Crippen LogP contribution in [0.1, 0.15) is 31.4 Å². The number of imide groups is 1. The standard InChI is InChI=1S/C25H23N7O2/c1-2-18-12-21(28-17-7-9-25(10-8-17)23(33)30-24(34)31-25)29-22-19(14-27-32(18)22)16-11-15-5-3-4-6-20(15)26-13-16/h2-6,11-14,17H,1,7-10H2,(H,28,29)(H2,30,31,33,34). The maximum atomic E-state index is 12.2. The Labute approximate surface area is 195 Å². The Morgan fingerprint density at radius 1 is 1.15 bits per heavy atom. The molecule has 0 bridgehead atoms. The van der Waals surface area contributed by atoms with Crippen LogP contribution >= 0.6 is 0 Å². The quantitative estimate of drug-likeness (QED) is 0.408. The molecule has 1 saturated carbocycles. The van der Waals surface area contributed by atoms with E-state index < -0.39 is 11.6 Å². The van der Waals surface area contributed by atoms with Gasteiger partial charge in [0.1, 0.15) is 11.4 Å². The summed E-state index contributed by atoms with van der Waals surface area (Å²) in [4.78, 5) is 33.3. The normalized spacial score (nSPS) is 22.2. The minimum Gasteiger partial charge on any atom is -0.367 e. The topological polar surface area (TPSA) is 113 Å². The van der Waals surface area contributed by atoms with Crippen molar-refractivity contribution >= 4 is 40.4 Å². The molecule has 0 atom stereocenters. The highest BCUT2D eigenvalue weighted by molar-refractivity contribution is 6.07. The van der Waals surface area contributed by atoms with Gasteiger partial charge in [-0.1, -0.05) is 24.8 Å². The molecule has 3 amide bonds. The molecule has 9 nitrogen and oxygen atoms in total. The molecule has 4 aromatic rings. The lowest BCUT2D eigenvalue weighted by Crippen LogP contribution is -2.51. The second kappa shape index (κ2) is 7.65. The van der Waals surface area contributed by atoms with E-state index in [1.165, 1.54) is 0 Å². The number of benzene rings is 1. The average molecular weight is 454 g/mol. The van der Waals surface area contributed by atoms with Crippen LogP contribution in [-0.2, 0) is 4.79 Å². The van der Waals surface area contributed by atoms with Gasteiger partial charge in [-0.25, -0.2) is 14.3 Å². The number of urea groups is 1. The van der Waals surface area contributed by atoms with Crippen molar-refractivity contribution in [3.8, 4) is 11.1 Å². The Balaban J connectivity index is 1.30. The zero-order chi connectivity index (χ0) is 23.3. The highest BCUT2D eigenvalue weighted by Crippen LogP contribution is 2.33. The summed E-state index contributed by atoms with van der Waals surface area (Å²) in [5.41, 5.74) is 3.52. The van der Waals surface area contributed by atoms with Crippen LogP contribution in [0.3, 0.4) is 0 Å². The lowest BCUT2D eigenvalue weighted by atomic mass is 9.79. The number of hydrogen-bond acceptors (Lipinski definition) is 6. The molecule has 0 unspecified atom stereocenters. The largest absolute Gasteiger partial charge is 0.367 e. The molecular weight excluding hydrogens is 430 g/mol. The van der Waals surface area contributed by atoms with Gasteiger partial charge in [-0.15, -0.1) is 0 Å². The molecule has 34 heavy (non-hydrogen) atoms.